The van der Waals surface area contributed by atoms with E-state index in [0.29, 0.717) is 34.1 Å². The molecule has 1 aliphatic rings. The third kappa shape index (κ3) is 5.56. The van der Waals surface area contributed by atoms with Crippen LogP contribution in [-0.2, 0) is 22.6 Å². The summed E-state index contributed by atoms with van der Waals surface area (Å²) in [5.74, 6) is -1.48. The molecular weight excluding hydrogens is 536 g/mol. The molecule has 1 atom stereocenters. The first-order valence-electron chi connectivity index (χ1n) is 13.3. The van der Waals surface area contributed by atoms with E-state index in [-0.39, 0.29) is 22.2 Å². The number of aromatic nitrogens is 1. The van der Waals surface area contributed by atoms with E-state index >= 15 is 0 Å². The SMILES string of the molecule is CCc1ccc(C2C(=C(O)c3ccc(OCc4cccc(C)c4)cc3)C(=O)C(=O)N2c2nc(C)c(C(C)=O)s2)cc1. The van der Waals surface area contributed by atoms with Crippen molar-refractivity contribution in [3.63, 3.8) is 0 Å². The molecule has 208 valence electrons. The van der Waals surface area contributed by atoms with Gasteiger partial charge in [-0.25, -0.2) is 4.98 Å². The number of aliphatic hydroxyl groups excluding tert-OH is 1. The molecule has 1 N–H and O–H groups in total. The Morgan fingerprint density at radius 2 is 1.71 bits per heavy atom. The number of rotatable bonds is 8. The van der Waals surface area contributed by atoms with Gasteiger partial charge in [0.25, 0.3) is 5.78 Å². The van der Waals surface area contributed by atoms with Gasteiger partial charge < -0.3 is 9.84 Å². The molecule has 8 heteroatoms. The summed E-state index contributed by atoms with van der Waals surface area (Å²) in [6.07, 6.45) is 0.826. The lowest BCUT2D eigenvalue weighted by Gasteiger charge is -2.23. The lowest BCUT2D eigenvalue weighted by atomic mass is 9.94. The quantitative estimate of drug-likeness (QED) is 0.110. The summed E-state index contributed by atoms with van der Waals surface area (Å²) in [4.78, 5) is 45.2. The predicted octanol–water partition coefficient (Wildman–Crippen LogP) is 6.73. The van der Waals surface area contributed by atoms with E-state index in [1.165, 1.54) is 11.8 Å². The van der Waals surface area contributed by atoms with Gasteiger partial charge in [-0.1, -0.05) is 72.4 Å². The van der Waals surface area contributed by atoms with Gasteiger partial charge in [-0.05, 0) is 61.2 Å². The summed E-state index contributed by atoms with van der Waals surface area (Å²) < 4.78 is 5.90. The highest BCUT2D eigenvalue weighted by molar-refractivity contribution is 7.18. The van der Waals surface area contributed by atoms with E-state index in [4.69, 9.17) is 4.74 Å². The van der Waals surface area contributed by atoms with Crippen molar-refractivity contribution in [3.8, 4) is 5.75 Å². The van der Waals surface area contributed by atoms with Crippen molar-refractivity contribution in [1.82, 2.24) is 4.98 Å². The van der Waals surface area contributed by atoms with Gasteiger partial charge in [-0.2, -0.15) is 0 Å². The molecule has 1 aliphatic heterocycles. The Morgan fingerprint density at radius 3 is 2.32 bits per heavy atom. The molecule has 4 aromatic rings. The van der Waals surface area contributed by atoms with Gasteiger partial charge >= 0.3 is 5.91 Å². The van der Waals surface area contributed by atoms with Gasteiger partial charge in [0, 0.05) is 12.5 Å². The van der Waals surface area contributed by atoms with Crippen molar-refractivity contribution in [1.29, 1.82) is 0 Å². The molecule has 41 heavy (non-hydrogen) atoms. The molecule has 1 fully saturated rings. The van der Waals surface area contributed by atoms with Crippen LogP contribution in [0.4, 0.5) is 5.13 Å². The topological polar surface area (TPSA) is 96.8 Å². The molecule has 3 aromatic carbocycles. The van der Waals surface area contributed by atoms with E-state index in [0.717, 1.165) is 34.4 Å². The Hall–Kier alpha value is -4.56. The average Bonchev–Trinajstić information content (AvgIpc) is 3.48. The van der Waals surface area contributed by atoms with Crippen LogP contribution in [0.2, 0.25) is 0 Å². The average molecular weight is 567 g/mol. The van der Waals surface area contributed by atoms with Gasteiger partial charge in [0.15, 0.2) is 10.9 Å². The first-order valence-corrected chi connectivity index (χ1v) is 14.2. The van der Waals surface area contributed by atoms with E-state index in [1.54, 1.807) is 31.2 Å². The van der Waals surface area contributed by atoms with Crippen molar-refractivity contribution in [2.24, 2.45) is 0 Å². The van der Waals surface area contributed by atoms with Crippen LogP contribution in [0.15, 0.2) is 78.4 Å². The number of amides is 1. The monoisotopic (exact) mass is 566 g/mol. The van der Waals surface area contributed by atoms with Crippen LogP contribution < -0.4 is 9.64 Å². The molecule has 7 nitrogen and oxygen atoms in total. The maximum absolute atomic E-state index is 13.5. The number of aliphatic hydroxyl groups is 1. The van der Waals surface area contributed by atoms with Gasteiger partial charge in [-0.3, -0.25) is 19.3 Å². The minimum Gasteiger partial charge on any atom is -0.507 e. The summed E-state index contributed by atoms with van der Waals surface area (Å²) >= 11 is 1.06. The highest BCUT2D eigenvalue weighted by Gasteiger charge is 2.48. The maximum Gasteiger partial charge on any atom is 0.301 e. The molecule has 2 heterocycles. The van der Waals surface area contributed by atoms with E-state index in [2.05, 4.69) is 11.1 Å². The number of anilines is 1. The van der Waals surface area contributed by atoms with Crippen LogP contribution in [-0.4, -0.2) is 27.6 Å². The number of thiazole rings is 1. The second-order valence-corrected chi connectivity index (χ2v) is 11.0. The molecule has 1 saturated heterocycles. The first kappa shape index (κ1) is 28.0. The number of benzene rings is 3. The highest BCUT2D eigenvalue weighted by atomic mass is 32.1. The maximum atomic E-state index is 13.5. The summed E-state index contributed by atoms with van der Waals surface area (Å²) in [5.41, 5.74) is 4.75. The molecular formula is C33H30N2O5S. The fourth-order valence-corrected chi connectivity index (χ4v) is 5.91. The van der Waals surface area contributed by atoms with Gasteiger partial charge in [0.2, 0.25) is 0 Å². The van der Waals surface area contributed by atoms with Crippen LogP contribution in [0.5, 0.6) is 5.75 Å². The summed E-state index contributed by atoms with van der Waals surface area (Å²) in [6.45, 7) is 7.58. The van der Waals surface area contributed by atoms with Crippen molar-refractivity contribution in [3.05, 3.63) is 117 Å². The Bertz CT molecular complexity index is 1670. The molecule has 1 aromatic heterocycles. The summed E-state index contributed by atoms with van der Waals surface area (Å²) in [7, 11) is 0. The van der Waals surface area contributed by atoms with Gasteiger partial charge in [0.05, 0.1) is 22.2 Å². The predicted molar refractivity (Wildman–Crippen MR) is 159 cm³/mol. The molecule has 1 amide bonds. The van der Waals surface area contributed by atoms with Crippen molar-refractivity contribution in [2.75, 3.05) is 4.90 Å². The number of nitrogens with zero attached hydrogens (tertiary/aromatic N) is 2. The van der Waals surface area contributed by atoms with Crippen LogP contribution in [0.3, 0.4) is 0 Å². The van der Waals surface area contributed by atoms with Crippen molar-refractivity contribution < 1.29 is 24.2 Å². The molecule has 0 radical (unpaired) electrons. The van der Waals surface area contributed by atoms with Gasteiger partial charge in [0.1, 0.15) is 18.1 Å². The van der Waals surface area contributed by atoms with E-state index < -0.39 is 17.7 Å². The van der Waals surface area contributed by atoms with Crippen molar-refractivity contribution >= 4 is 39.7 Å². The molecule has 0 aliphatic carbocycles. The zero-order valence-electron chi connectivity index (χ0n) is 23.3. The third-order valence-corrected chi connectivity index (χ3v) is 8.33. The number of Topliss-reactive ketones (excluding diaryl/α,β-unsaturated/α-hetero) is 2. The second-order valence-electron chi connectivity index (χ2n) is 10.0. The number of carbonyl (C=O) groups excluding carboxylic acids is 3. The van der Waals surface area contributed by atoms with Crippen molar-refractivity contribution in [2.45, 2.75) is 46.8 Å². The third-order valence-electron chi connectivity index (χ3n) is 7.08. The largest absolute Gasteiger partial charge is 0.507 e. The standard InChI is InChI=1S/C33H30N2O5S/c1-5-22-9-11-24(12-10-22)28-27(30(38)32(39)35(28)33-34-20(3)31(41-33)21(4)36)29(37)25-13-15-26(16-14-25)40-18-23-8-6-7-19(2)17-23/h6-17,28,37H,5,18H2,1-4H3. The molecule has 5 rings (SSSR count). The molecule has 1 unspecified atom stereocenters. The fourth-order valence-electron chi connectivity index (χ4n) is 4.93. The Balaban J connectivity index is 1.53. The normalized spacial score (nSPS) is 16.3. The first-order chi connectivity index (χ1) is 19.7. The van der Waals surface area contributed by atoms with Crippen LogP contribution in [0, 0.1) is 13.8 Å². The van der Waals surface area contributed by atoms with Crippen LogP contribution in [0.25, 0.3) is 5.76 Å². The second kappa shape index (κ2) is 11.5. The lowest BCUT2D eigenvalue weighted by molar-refractivity contribution is -0.132. The molecule has 0 saturated carbocycles. The number of hydrogen-bond acceptors (Lipinski definition) is 7. The Morgan fingerprint density at radius 1 is 1.00 bits per heavy atom. The molecule has 0 spiro atoms. The minimum absolute atomic E-state index is 0.0371. The zero-order valence-corrected chi connectivity index (χ0v) is 24.1. The minimum atomic E-state index is -0.913. The van der Waals surface area contributed by atoms with E-state index in [1.807, 2.05) is 56.3 Å². The summed E-state index contributed by atoms with van der Waals surface area (Å²) in [6, 6.07) is 21.5. The van der Waals surface area contributed by atoms with Gasteiger partial charge in [-0.15, -0.1) is 0 Å². The lowest BCUT2D eigenvalue weighted by Crippen LogP contribution is -2.29. The highest BCUT2D eigenvalue weighted by Crippen LogP contribution is 2.44. The molecule has 0 bridgehead atoms. The number of carbonyl (C=O) groups is 3. The number of aryl methyl sites for hydroxylation is 3. The van der Waals surface area contributed by atoms with Crippen LogP contribution >= 0.6 is 11.3 Å². The summed E-state index contributed by atoms with van der Waals surface area (Å²) in [5, 5.41) is 11.7. The zero-order chi connectivity index (χ0) is 29.3. The van der Waals surface area contributed by atoms with E-state index in [9.17, 15) is 19.5 Å². The number of hydrogen-bond donors (Lipinski definition) is 1. The number of ketones is 2. The van der Waals surface area contributed by atoms with Crippen LogP contribution in [0.1, 0.15) is 63.1 Å². The number of ether oxygens (including phenoxy) is 1. The smallest absolute Gasteiger partial charge is 0.301 e. The Kier molecular flexibility index (Phi) is 7.85. The Labute approximate surface area is 242 Å². The fraction of sp³-hybridized carbons (Fsp3) is 0.212.